The number of ether oxygens (including phenoxy) is 1. The van der Waals surface area contributed by atoms with Crippen LogP contribution in [0.1, 0.15) is 43.1 Å². The van der Waals surface area contributed by atoms with Crippen LogP contribution < -0.4 is 20.4 Å². The van der Waals surface area contributed by atoms with E-state index in [1.165, 1.54) is 13.3 Å². The van der Waals surface area contributed by atoms with Crippen molar-refractivity contribution < 1.29 is 23.8 Å². The molecule has 1 amide bonds. The highest BCUT2D eigenvalue weighted by Crippen LogP contribution is 2.43. The Morgan fingerprint density at radius 1 is 1.24 bits per heavy atom. The van der Waals surface area contributed by atoms with E-state index in [-0.39, 0.29) is 46.9 Å². The fourth-order valence-electron chi connectivity index (χ4n) is 4.31. The number of pyridine rings is 1. The average Bonchev–Trinajstić information content (AvgIpc) is 3.62. The Bertz CT molecular complexity index is 1150. The Balaban J connectivity index is 1.71. The summed E-state index contributed by atoms with van der Waals surface area (Å²) in [4.78, 5) is 40.4. The molecule has 1 aromatic carbocycles. The normalized spacial score (nSPS) is 16.5. The molecule has 1 saturated carbocycles. The molecule has 0 radical (unpaired) electrons. The largest absolute Gasteiger partial charge is 0.492 e. The van der Waals surface area contributed by atoms with Crippen molar-refractivity contribution in [2.75, 3.05) is 44.7 Å². The monoisotopic (exact) mass is 460 g/mol. The molecule has 33 heavy (non-hydrogen) atoms. The number of nitrogens with one attached hydrogen (secondary N) is 1. The smallest absolute Gasteiger partial charge is 0.341 e. The number of carboxylic acids is 1. The number of hydrogen-bond acceptors (Lipinski definition) is 6. The van der Waals surface area contributed by atoms with Gasteiger partial charge >= 0.3 is 5.97 Å². The molecule has 0 spiro atoms. The second-order valence-corrected chi connectivity index (χ2v) is 8.86. The Hall–Kier alpha value is -3.14. The third kappa shape index (κ3) is 4.39. The summed E-state index contributed by atoms with van der Waals surface area (Å²) in [6.07, 6.45) is 3.03. The van der Waals surface area contributed by atoms with E-state index in [1.54, 1.807) is 9.47 Å². The van der Waals surface area contributed by atoms with E-state index < -0.39 is 17.2 Å². The number of aromatic nitrogens is 1. The lowest BCUT2D eigenvalue weighted by Gasteiger charge is -2.37. The van der Waals surface area contributed by atoms with E-state index in [9.17, 15) is 19.5 Å². The van der Waals surface area contributed by atoms with E-state index >= 15 is 4.39 Å². The van der Waals surface area contributed by atoms with Crippen LogP contribution in [0.5, 0.6) is 5.75 Å². The molecule has 10 heteroatoms. The lowest BCUT2D eigenvalue weighted by Crippen LogP contribution is -2.51. The van der Waals surface area contributed by atoms with Crippen LogP contribution >= 0.6 is 0 Å². The molecule has 0 unspecified atom stereocenters. The second kappa shape index (κ2) is 9.01. The van der Waals surface area contributed by atoms with Gasteiger partial charge in [0.05, 0.1) is 24.6 Å². The number of hydrogen-bond donors (Lipinski definition) is 2. The van der Waals surface area contributed by atoms with E-state index in [1.807, 2.05) is 18.7 Å². The molecule has 1 aliphatic heterocycles. The number of nitrogens with zero attached hydrogens (tertiary/aromatic N) is 3. The maximum absolute atomic E-state index is 15.4. The average molecular weight is 461 g/mol. The molecule has 0 atom stereocenters. The van der Waals surface area contributed by atoms with Gasteiger partial charge in [0.2, 0.25) is 11.3 Å². The Labute approximate surface area is 190 Å². The lowest BCUT2D eigenvalue weighted by molar-refractivity contribution is -0.130. The number of amides is 1. The van der Waals surface area contributed by atoms with Crippen molar-refractivity contribution >= 4 is 28.5 Å². The van der Waals surface area contributed by atoms with Crippen LogP contribution in [-0.2, 0) is 4.79 Å². The number of carboxylic acid groups (broad SMARTS) is 1. The predicted molar refractivity (Wildman–Crippen MR) is 122 cm³/mol. The number of rotatable bonds is 7. The van der Waals surface area contributed by atoms with Crippen molar-refractivity contribution in [3.05, 3.63) is 33.9 Å². The highest BCUT2D eigenvalue weighted by atomic mass is 19.1. The first-order valence-corrected chi connectivity index (χ1v) is 11.2. The van der Waals surface area contributed by atoms with Crippen molar-refractivity contribution in [3.63, 3.8) is 0 Å². The van der Waals surface area contributed by atoms with Crippen molar-refractivity contribution in [1.29, 1.82) is 0 Å². The van der Waals surface area contributed by atoms with Gasteiger partial charge < -0.3 is 29.5 Å². The zero-order valence-corrected chi connectivity index (χ0v) is 19.1. The van der Waals surface area contributed by atoms with Gasteiger partial charge in [-0.05, 0) is 18.9 Å². The molecule has 1 saturated heterocycles. The summed E-state index contributed by atoms with van der Waals surface area (Å²) in [5, 5.41) is 12.6. The number of fused-ring (bicyclic) bond motifs is 1. The summed E-state index contributed by atoms with van der Waals surface area (Å²) < 4.78 is 22.7. The number of halogens is 1. The Kier molecular flexibility index (Phi) is 6.29. The van der Waals surface area contributed by atoms with E-state index in [2.05, 4.69) is 5.32 Å². The van der Waals surface area contributed by atoms with E-state index in [0.717, 1.165) is 18.9 Å². The quantitative estimate of drug-likeness (QED) is 0.650. The number of aromatic carboxylic acids is 1. The third-order valence-corrected chi connectivity index (χ3v) is 6.18. The first kappa shape index (κ1) is 23.0. The number of benzene rings is 1. The summed E-state index contributed by atoms with van der Waals surface area (Å²) in [5.74, 6) is -1.78. The zero-order valence-electron chi connectivity index (χ0n) is 19.1. The summed E-state index contributed by atoms with van der Waals surface area (Å²) in [6.45, 7) is 5.89. The van der Waals surface area contributed by atoms with Gasteiger partial charge in [0.25, 0.3) is 0 Å². The summed E-state index contributed by atoms with van der Waals surface area (Å²) in [5.41, 5.74) is -0.475. The highest BCUT2D eigenvalue weighted by molar-refractivity contribution is 5.97. The van der Waals surface area contributed by atoms with Crippen molar-refractivity contribution in [2.45, 2.75) is 38.8 Å². The lowest BCUT2D eigenvalue weighted by atomic mass is 10.1. The minimum absolute atomic E-state index is 0.00179. The molecule has 9 nitrogen and oxygen atoms in total. The van der Waals surface area contributed by atoms with Gasteiger partial charge in [-0.2, -0.15) is 0 Å². The minimum Gasteiger partial charge on any atom is -0.492 e. The maximum atomic E-state index is 15.4. The van der Waals surface area contributed by atoms with Gasteiger partial charge in [0, 0.05) is 44.5 Å². The Morgan fingerprint density at radius 2 is 1.91 bits per heavy atom. The van der Waals surface area contributed by atoms with Crippen LogP contribution in [0.15, 0.2) is 17.1 Å². The molecule has 2 fully saturated rings. The van der Waals surface area contributed by atoms with Crippen LogP contribution in [-0.4, -0.2) is 72.3 Å². The topological polar surface area (TPSA) is 104 Å². The van der Waals surface area contributed by atoms with E-state index in [4.69, 9.17) is 4.74 Å². The third-order valence-electron chi connectivity index (χ3n) is 6.18. The van der Waals surface area contributed by atoms with Crippen LogP contribution in [0.2, 0.25) is 0 Å². The SMILES string of the molecule is COc1c(N2CCN(C(=O)CNC(C)C)CC2)c(F)cc2c(=O)c(C(=O)O)cn(C3CC3)c12. The number of carbonyl (C=O) groups is 2. The van der Waals surface area contributed by atoms with Crippen molar-refractivity contribution in [3.8, 4) is 5.75 Å². The van der Waals surface area contributed by atoms with Gasteiger partial charge in [-0.25, -0.2) is 9.18 Å². The van der Waals surface area contributed by atoms with Crippen LogP contribution in [0.4, 0.5) is 10.1 Å². The van der Waals surface area contributed by atoms with Gasteiger partial charge in [-0.3, -0.25) is 9.59 Å². The van der Waals surface area contributed by atoms with Crippen LogP contribution in [0.25, 0.3) is 10.9 Å². The first-order valence-electron chi connectivity index (χ1n) is 11.2. The molecular formula is C23H29FN4O5. The summed E-state index contributed by atoms with van der Waals surface area (Å²) in [6, 6.07) is 1.36. The second-order valence-electron chi connectivity index (χ2n) is 8.86. The molecule has 1 aromatic heterocycles. The highest BCUT2D eigenvalue weighted by Gasteiger charge is 2.32. The van der Waals surface area contributed by atoms with Gasteiger partial charge in [-0.1, -0.05) is 13.8 Å². The number of anilines is 1. The molecule has 2 heterocycles. The predicted octanol–water partition coefficient (Wildman–Crippen LogP) is 1.83. The molecule has 2 aliphatic rings. The van der Waals surface area contributed by atoms with Gasteiger partial charge in [0.1, 0.15) is 11.3 Å². The fourth-order valence-corrected chi connectivity index (χ4v) is 4.31. The molecular weight excluding hydrogens is 431 g/mol. The maximum Gasteiger partial charge on any atom is 0.341 e. The van der Waals surface area contributed by atoms with Crippen molar-refractivity contribution in [1.82, 2.24) is 14.8 Å². The molecule has 4 rings (SSSR count). The summed E-state index contributed by atoms with van der Waals surface area (Å²) in [7, 11) is 1.42. The van der Waals surface area contributed by atoms with E-state index in [0.29, 0.717) is 31.7 Å². The number of carbonyl (C=O) groups excluding carboxylic acids is 1. The van der Waals surface area contributed by atoms with Crippen LogP contribution in [0.3, 0.4) is 0 Å². The van der Waals surface area contributed by atoms with Gasteiger partial charge in [0.15, 0.2) is 11.6 Å². The first-order chi connectivity index (χ1) is 15.7. The molecule has 1 aliphatic carbocycles. The number of piperazine rings is 1. The molecule has 2 aromatic rings. The minimum atomic E-state index is -1.34. The molecule has 178 valence electrons. The van der Waals surface area contributed by atoms with Crippen molar-refractivity contribution in [2.24, 2.45) is 0 Å². The van der Waals surface area contributed by atoms with Gasteiger partial charge in [-0.15, -0.1) is 0 Å². The molecule has 0 bridgehead atoms. The Morgan fingerprint density at radius 3 is 2.45 bits per heavy atom. The standard InChI is InChI=1S/C23H29FN4O5/c1-13(2)25-11-18(29)26-6-8-27(9-7-26)20-17(24)10-15-19(22(20)33-3)28(14-4-5-14)12-16(21(15)30)23(31)32/h10,12-14,25H,4-9,11H2,1-3H3,(H,31,32). The zero-order chi connectivity index (χ0) is 23.9. The summed E-state index contributed by atoms with van der Waals surface area (Å²) >= 11 is 0. The van der Waals surface area contributed by atoms with Crippen LogP contribution in [0, 0.1) is 5.82 Å². The number of methoxy groups -OCH3 is 1. The fraction of sp³-hybridized carbons (Fsp3) is 0.522. The molecule has 2 N–H and O–H groups in total.